The second kappa shape index (κ2) is 8.68. The molecule has 1 amide bonds. The Balaban J connectivity index is 1.44. The number of rotatable bonds is 5. The summed E-state index contributed by atoms with van der Waals surface area (Å²) in [5.74, 6) is 0.661. The first-order chi connectivity index (χ1) is 15.8. The summed E-state index contributed by atoms with van der Waals surface area (Å²) < 4.78 is 40.6. The van der Waals surface area contributed by atoms with Crippen molar-refractivity contribution in [3.63, 3.8) is 0 Å². The van der Waals surface area contributed by atoms with E-state index in [2.05, 4.69) is 10.4 Å². The molecule has 3 heterocycles. The fourth-order valence-electron chi connectivity index (χ4n) is 4.09. The minimum atomic E-state index is -3.55. The second-order valence-electron chi connectivity index (χ2n) is 7.98. The van der Waals surface area contributed by atoms with Gasteiger partial charge in [-0.15, -0.1) is 0 Å². The van der Waals surface area contributed by atoms with Gasteiger partial charge in [-0.05, 0) is 55.3 Å². The highest BCUT2D eigenvalue weighted by Crippen LogP contribution is 2.32. The van der Waals surface area contributed by atoms with Gasteiger partial charge in [0.05, 0.1) is 27.8 Å². The van der Waals surface area contributed by atoms with Crippen molar-refractivity contribution in [2.45, 2.75) is 29.2 Å². The molecule has 0 aliphatic carbocycles. The normalized spacial score (nSPS) is 18.4. The number of anilines is 1. The van der Waals surface area contributed by atoms with Crippen LogP contribution < -0.4 is 5.32 Å². The number of carbonyl (C=O) groups excluding carboxylic acids is 1. The number of nitrogens with zero attached hydrogens (tertiary/aromatic N) is 3. The molecule has 11 heteroatoms. The first kappa shape index (κ1) is 22.3. The Morgan fingerprint density at radius 3 is 2.48 bits per heavy atom. The van der Waals surface area contributed by atoms with Gasteiger partial charge in [0.2, 0.25) is 10.0 Å². The van der Waals surface area contributed by atoms with E-state index in [-0.39, 0.29) is 4.90 Å². The van der Waals surface area contributed by atoms with Crippen molar-refractivity contribution in [3.05, 3.63) is 70.4 Å². The first-order valence-electron chi connectivity index (χ1n) is 10.5. The molecule has 5 rings (SSSR count). The SMILES string of the molecule is O=C(Nc1c2c(nn1-c1cccc(Cl)c1)C[S@](=O)C2)c1ccc(S(=O)(=O)N2CCCC2)cc1. The highest BCUT2D eigenvalue weighted by Gasteiger charge is 2.29. The monoisotopic (exact) mass is 504 g/mol. The molecule has 8 nitrogen and oxygen atoms in total. The van der Waals surface area contributed by atoms with Crippen molar-refractivity contribution in [2.24, 2.45) is 0 Å². The van der Waals surface area contributed by atoms with E-state index in [1.165, 1.54) is 28.6 Å². The van der Waals surface area contributed by atoms with Gasteiger partial charge in [-0.25, -0.2) is 13.1 Å². The largest absolute Gasteiger partial charge is 0.306 e. The van der Waals surface area contributed by atoms with Crippen molar-refractivity contribution in [2.75, 3.05) is 18.4 Å². The van der Waals surface area contributed by atoms with Gasteiger partial charge < -0.3 is 5.32 Å². The van der Waals surface area contributed by atoms with Crippen LogP contribution in [0.5, 0.6) is 0 Å². The molecule has 2 aromatic carbocycles. The Morgan fingerprint density at radius 1 is 1.06 bits per heavy atom. The lowest BCUT2D eigenvalue weighted by molar-refractivity contribution is 0.102. The zero-order valence-electron chi connectivity index (χ0n) is 17.5. The minimum Gasteiger partial charge on any atom is -0.306 e. The molecule has 1 saturated heterocycles. The van der Waals surface area contributed by atoms with Crippen LogP contribution in [0.15, 0.2) is 53.4 Å². The average molecular weight is 505 g/mol. The van der Waals surface area contributed by atoms with Crippen molar-refractivity contribution in [1.82, 2.24) is 14.1 Å². The smallest absolute Gasteiger partial charge is 0.256 e. The first-order valence-corrected chi connectivity index (χ1v) is 13.8. The molecule has 33 heavy (non-hydrogen) atoms. The van der Waals surface area contributed by atoms with Crippen LogP contribution in [0, 0.1) is 0 Å². The molecule has 172 valence electrons. The van der Waals surface area contributed by atoms with E-state index in [1.54, 1.807) is 22.9 Å². The maximum Gasteiger partial charge on any atom is 0.256 e. The Hall–Kier alpha value is -2.53. The highest BCUT2D eigenvalue weighted by atomic mass is 35.5. The van der Waals surface area contributed by atoms with Gasteiger partial charge in [0.25, 0.3) is 5.91 Å². The van der Waals surface area contributed by atoms with Gasteiger partial charge in [0, 0.05) is 40.0 Å². The fourth-order valence-corrected chi connectivity index (χ4v) is 7.05. The average Bonchev–Trinajstić information content (AvgIpc) is 3.52. The second-order valence-corrected chi connectivity index (χ2v) is 11.8. The van der Waals surface area contributed by atoms with Crippen LogP contribution in [0.4, 0.5) is 5.82 Å². The van der Waals surface area contributed by atoms with E-state index < -0.39 is 26.7 Å². The third-order valence-electron chi connectivity index (χ3n) is 5.77. The molecule has 2 aliphatic rings. The van der Waals surface area contributed by atoms with E-state index >= 15 is 0 Å². The number of fused-ring (bicyclic) bond motifs is 1. The maximum atomic E-state index is 13.0. The number of hydrogen-bond acceptors (Lipinski definition) is 5. The predicted octanol–water partition coefficient (Wildman–Crippen LogP) is 3.32. The minimum absolute atomic E-state index is 0.168. The van der Waals surface area contributed by atoms with E-state index in [1.807, 2.05) is 6.07 Å². The van der Waals surface area contributed by atoms with Gasteiger partial charge in [-0.3, -0.25) is 9.00 Å². The van der Waals surface area contributed by atoms with Crippen LogP contribution in [0.1, 0.15) is 34.5 Å². The molecule has 1 N–H and O–H groups in total. The number of nitrogens with one attached hydrogen (secondary N) is 1. The summed E-state index contributed by atoms with van der Waals surface area (Å²) in [6.07, 6.45) is 1.71. The molecule has 0 unspecified atom stereocenters. The standard InChI is InChI=1S/C22H21ClN4O4S2/c23-16-4-3-5-17(12-16)27-21(19-13-32(29)14-20(19)25-27)24-22(28)15-6-8-18(9-7-15)33(30,31)26-10-1-2-11-26/h3-9,12H,1-2,10-11,13-14H2,(H,24,28)/t32-/m1/s1. The van der Waals surface area contributed by atoms with Gasteiger partial charge in [0.1, 0.15) is 5.82 Å². The van der Waals surface area contributed by atoms with E-state index in [9.17, 15) is 17.4 Å². The summed E-state index contributed by atoms with van der Waals surface area (Å²) in [7, 11) is -4.62. The summed E-state index contributed by atoms with van der Waals surface area (Å²) in [5, 5.41) is 7.96. The topological polar surface area (TPSA) is 101 Å². The molecule has 0 bridgehead atoms. The molecular formula is C22H21ClN4O4S2. The van der Waals surface area contributed by atoms with Crippen molar-refractivity contribution in [3.8, 4) is 5.69 Å². The van der Waals surface area contributed by atoms with Crippen LogP contribution in [0.25, 0.3) is 5.69 Å². The Labute approximate surface area is 199 Å². The lowest BCUT2D eigenvalue weighted by atomic mass is 10.2. The van der Waals surface area contributed by atoms with Crippen molar-refractivity contribution >= 4 is 44.1 Å². The maximum absolute atomic E-state index is 13.0. The molecular weight excluding hydrogens is 484 g/mol. The van der Waals surface area contributed by atoms with Crippen LogP contribution in [-0.2, 0) is 32.3 Å². The summed E-state index contributed by atoms with van der Waals surface area (Å²) >= 11 is 6.14. The summed E-state index contributed by atoms with van der Waals surface area (Å²) in [4.78, 5) is 13.2. The Bertz CT molecular complexity index is 1360. The molecule has 0 saturated carbocycles. The zero-order chi connectivity index (χ0) is 23.2. The van der Waals surface area contributed by atoms with Crippen molar-refractivity contribution < 1.29 is 17.4 Å². The Morgan fingerprint density at radius 2 is 1.79 bits per heavy atom. The number of hydrogen-bond donors (Lipinski definition) is 1. The summed E-state index contributed by atoms with van der Waals surface area (Å²) in [5.41, 5.74) is 2.39. The number of carbonyl (C=O) groups is 1. The van der Waals surface area contributed by atoms with Crippen LogP contribution >= 0.6 is 11.6 Å². The van der Waals surface area contributed by atoms with Crippen molar-refractivity contribution in [1.29, 1.82) is 0 Å². The third kappa shape index (κ3) is 4.23. The quantitative estimate of drug-likeness (QED) is 0.574. The number of halogens is 1. The summed E-state index contributed by atoms with van der Waals surface area (Å²) in [6.45, 7) is 1.04. The number of sulfonamides is 1. The van der Waals surface area contributed by atoms with Gasteiger partial charge in [-0.1, -0.05) is 17.7 Å². The van der Waals surface area contributed by atoms with Gasteiger partial charge >= 0.3 is 0 Å². The molecule has 1 atom stereocenters. The van der Waals surface area contributed by atoms with Crippen LogP contribution in [0.3, 0.4) is 0 Å². The fraction of sp³-hybridized carbons (Fsp3) is 0.273. The van der Waals surface area contributed by atoms with Gasteiger partial charge in [0.15, 0.2) is 0 Å². The van der Waals surface area contributed by atoms with Crippen LogP contribution in [0.2, 0.25) is 5.02 Å². The Kier molecular flexibility index (Phi) is 5.86. The van der Waals surface area contributed by atoms with E-state index in [0.29, 0.717) is 52.4 Å². The number of amides is 1. The molecule has 0 radical (unpaired) electrons. The van der Waals surface area contributed by atoms with E-state index in [4.69, 9.17) is 11.6 Å². The highest BCUT2D eigenvalue weighted by molar-refractivity contribution is 7.89. The van der Waals surface area contributed by atoms with Crippen LogP contribution in [-0.4, -0.2) is 45.7 Å². The lowest BCUT2D eigenvalue weighted by Gasteiger charge is -2.15. The summed E-state index contributed by atoms with van der Waals surface area (Å²) in [6, 6.07) is 13.0. The molecule has 1 fully saturated rings. The number of benzene rings is 2. The predicted molar refractivity (Wildman–Crippen MR) is 127 cm³/mol. The van der Waals surface area contributed by atoms with E-state index in [0.717, 1.165) is 18.4 Å². The van der Waals surface area contributed by atoms with Gasteiger partial charge in [-0.2, -0.15) is 9.40 Å². The molecule has 2 aliphatic heterocycles. The molecule has 1 aromatic heterocycles. The number of aromatic nitrogens is 2. The zero-order valence-corrected chi connectivity index (χ0v) is 19.9. The molecule has 3 aromatic rings. The third-order valence-corrected chi connectivity index (χ3v) is 9.13. The lowest BCUT2D eigenvalue weighted by Crippen LogP contribution is -2.27. The molecule has 0 spiro atoms.